The third kappa shape index (κ3) is 3.47. The van der Waals surface area contributed by atoms with E-state index in [-0.39, 0.29) is 5.56 Å². The van der Waals surface area contributed by atoms with Crippen LogP contribution >= 0.6 is 27.7 Å². The Morgan fingerprint density at radius 3 is 2.86 bits per heavy atom. The molecule has 0 fully saturated rings. The van der Waals surface area contributed by atoms with Crippen molar-refractivity contribution in [2.45, 2.75) is 31.0 Å². The van der Waals surface area contributed by atoms with E-state index in [0.29, 0.717) is 10.6 Å². The van der Waals surface area contributed by atoms with E-state index in [1.54, 1.807) is 0 Å². The van der Waals surface area contributed by atoms with Gasteiger partial charge in [-0.15, -0.1) is 11.8 Å². The summed E-state index contributed by atoms with van der Waals surface area (Å²) in [6.07, 6.45) is 0. The fraction of sp³-hybridized carbons (Fsp3) is 0.286. The number of aromatic carboxylic acids is 1. The van der Waals surface area contributed by atoms with Gasteiger partial charge in [-0.1, -0.05) is 0 Å². The molecule has 2 aromatic rings. The summed E-state index contributed by atoms with van der Waals surface area (Å²) in [4.78, 5) is 11.3. The van der Waals surface area contributed by atoms with Crippen molar-refractivity contribution in [3.05, 3.63) is 45.4 Å². The van der Waals surface area contributed by atoms with E-state index in [1.807, 2.05) is 18.5 Å². The van der Waals surface area contributed by atoms with Crippen LogP contribution in [0, 0.1) is 12.7 Å². The first-order valence-corrected chi connectivity index (χ1v) is 8.09. The number of nitrogens with zero attached hydrogens (tertiary/aromatic N) is 2. The molecule has 7 heteroatoms. The van der Waals surface area contributed by atoms with E-state index in [1.165, 1.54) is 30.0 Å². The average Bonchev–Trinajstić information content (AvgIpc) is 2.73. The summed E-state index contributed by atoms with van der Waals surface area (Å²) in [5, 5.41) is 13.3. The van der Waals surface area contributed by atoms with Crippen molar-refractivity contribution in [2.24, 2.45) is 0 Å². The normalized spacial score (nSPS) is 10.9. The first-order valence-electron chi connectivity index (χ1n) is 6.31. The lowest BCUT2D eigenvalue weighted by Crippen LogP contribution is -2.02. The third-order valence-electron chi connectivity index (χ3n) is 3.00. The van der Waals surface area contributed by atoms with Crippen LogP contribution in [0.3, 0.4) is 0 Å². The Morgan fingerprint density at radius 2 is 2.24 bits per heavy atom. The number of thioether (sulfide) groups is 1. The van der Waals surface area contributed by atoms with Gasteiger partial charge in [0.05, 0.1) is 21.4 Å². The summed E-state index contributed by atoms with van der Waals surface area (Å²) >= 11 is 4.75. The van der Waals surface area contributed by atoms with Crippen molar-refractivity contribution >= 4 is 33.7 Å². The van der Waals surface area contributed by atoms with Crippen LogP contribution in [0.2, 0.25) is 0 Å². The molecule has 0 spiro atoms. The van der Waals surface area contributed by atoms with Gasteiger partial charge in [-0.25, -0.2) is 9.18 Å². The fourth-order valence-electron chi connectivity index (χ4n) is 1.90. The minimum atomic E-state index is -1.06. The second-order valence-electron chi connectivity index (χ2n) is 4.40. The van der Waals surface area contributed by atoms with Crippen LogP contribution in [-0.4, -0.2) is 20.9 Å². The SMILES string of the molecule is CCn1nc(C)c(Br)c1CSc1cc(C(=O)O)ccc1F. The van der Waals surface area contributed by atoms with Gasteiger partial charge in [0.25, 0.3) is 0 Å². The number of benzene rings is 1. The molecule has 0 amide bonds. The van der Waals surface area contributed by atoms with Gasteiger partial charge in [-0.05, 0) is 48.0 Å². The van der Waals surface area contributed by atoms with E-state index in [4.69, 9.17) is 5.11 Å². The van der Waals surface area contributed by atoms with Crippen molar-refractivity contribution in [3.8, 4) is 0 Å². The van der Waals surface area contributed by atoms with Gasteiger partial charge < -0.3 is 5.11 Å². The number of aromatic nitrogens is 2. The molecule has 1 aromatic carbocycles. The number of rotatable bonds is 5. The molecule has 0 radical (unpaired) electrons. The number of aryl methyl sites for hydroxylation is 2. The topological polar surface area (TPSA) is 55.1 Å². The monoisotopic (exact) mass is 372 g/mol. The summed E-state index contributed by atoms with van der Waals surface area (Å²) in [6, 6.07) is 3.80. The summed E-state index contributed by atoms with van der Waals surface area (Å²) in [5.74, 6) is -0.970. The first-order chi connectivity index (χ1) is 9.93. The first kappa shape index (κ1) is 16.0. The molecule has 0 aliphatic carbocycles. The van der Waals surface area contributed by atoms with Crippen molar-refractivity contribution in [1.29, 1.82) is 0 Å². The van der Waals surface area contributed by atoms with Gasteiger partial charge in [0.2, 0.25) is 0 Å². The largest absolute Gasteiger partial charge is 0.478 e. The van der Waals surface area contributed by atoms with Gasteiger partial charge in [-0.3, -0.25) is 4.68 Å². The Labute approximate surface area is 134 Å². The summed E-state index contributed by atoms with van der Waals surface area (Å²) < 4.78 is 16.5. The molecule has 0 saturated heterocycles. The molecule has 2 rings (SSSR count). The molecule has 1 N–H and O–H groups in total. The smallest absolute Gasteiger partial charge is 0.335 e. The molecule has 0 bridgehead atoms. The van der Waals surface area contributed by atoms with E-state index < -0.39 is 11.8 Å². The molecule has 1 aromatic heterocycles. The van der Waals surface area contributed by atoms with Gasteiger partial charge in [0.15, 0.2) is 0 Å². The Balaban J connectivity index is 2.24. The zero-order valence-corrected chi connectivity index (χ0v) is 14.0. The van der Waals surface area contributed by atoms with Gasteiger partial charge in [-0.2, -0.15) is 5.10 Å². The second-order valence-corrected chi connectivity index (χ2v) is 6.21. The third-order valence-corrected chi connectivity index (χ3v) is 5.07. The molecule has 0 atom stereocenters. The van der Waals surface area contributed by atoms with Crippen LogP contribution < -0.4 is 0 Å². The Morgan fingerprint density at radius 1 is 1.52 bits per heavy atom. The number of hydrogen-bond donors (Lipinski definition) is 1. The Kier molecular flexibility index (Phi) is 5.05. The molecule has 4 nitrogen and oxygen atoms in total. The second kappa shape index (κ2) is 6.62. The van der Waals surface area contributed by atoms with Crippen LogP contribution in [-0.2, 0) is 12.3 Å². The minimum Gasteiger partial charge on any atom is -0.478 e. The van der Waals surface area contributed by atoms with E-state index in [9.17, 15) is 9.18 Å². The van der Waals surface area contributed by atoms with E-state index >= 15 is 0 Å². The highest BCUT2D eigenvalue weighted by Gasteiger charge is 2.14. The van der Waals surface area contributed by atoms with Crippen LogP contribution in [0.5, 0.6) is 0 Å². The van der Waals surface area contributed by atoms with E-state index in [0.717, 1.165) is 22.4 Å². The summed E-state index contributed by atoms with van der Waals surface area (Å²) in [5.41, 5.74) is 1.92. The lowest BCUT2D eigenvalue weighted by Gasteiger charge is -2.07. The Hall–Kier alpha value is -1.34. The highest BCUT2D eigenvalue weighted by Crippen LogP contribution is 2.30. The molecular weight excluding hydrogens is 359 g/mol. The van der Waals surface area contributed by atoms with E-state index in [2.05, 4.69) is 21.0 Å². The van der Waals surface area contributed by atoms with Crippen LogP contribution in [0.1, 0.15) is 28.7 Å². The summed E-state index contributed by atoms with van der Waals surface area (Å²) in [7, 11) is 0. The maximum Gasteiger partial charge on any atom is 0.335 e. The lowest BCUT2D eigenvalue weighted by molar-refractivity contribution is 0.0696. The number of halogens is 2. The molecule has 0 aliphatic rings. The number of hydrogen-bond acceptors (Lipinski definition) is 3. The highest BCUT2D eigenvalue weighted by molar-refractivity contribution is 9.10. The molecule has 0 saturated carbocycles. The van der Waals surface area contributed by atoms with Crippen LogP contribution in [0.15, 0.2) is 27.6 Å². The van der Waals surface area contributed by atoms with Crippen LogP contribution in [0.4, 0.5) is 4.39 Å². The number of carboxylic acid groups (broad SMARTS) is 1. The Bertz CT molecular complexity index is 688. The maximum absolute atomic E-state index is 13.8. The molecule has 1 heterocycles. The van der Waals surface area contributed by atoms with Crippen molar-refractivity contribution < 1.29 is 14.3 Å². The highest BCUT2D eigenvalue weighted by atomic mass is 79.9. The van der Waals surface area contributed by atoms with Gasteiger partial charge in [0, 0.05) is 17.2 Å². The predicted octanol–water partition coefficient (Wildman–Crippen LogP) is 4.10. The van der Waals surface area contributed by atoms with Gasteiger partial charge >= 0.3 is 5.97 Å². The summed E-state index contributed by atoms with van der Waals surface area (Å²) in [6.45, 7) is 4.61. The van der Waals surface area contributed by atoms with Crippen molar-refractivity contribution in [1.82, 2.24) is 9.78 Å². The molecule has 112 valence electrons. The standard InChI is InChI=1S/C14H14BrFN2O2S/c1-3-18-11(13(15)8(2)17-18)7-21-12-6-9(14(19)20)4-5-10(12)16/h4-6H,3,7H2,1-2H3,(H,19,20). The average molecular weight is 373 g/mol. The predicted molar refractivity (Wildman–Crippen MR) is 83.3 cm³/mol. The lowest BCUT2D eigenvalue weighted by atomic mass is 10.2. The molecular formula is C14H14BrFN2O2S. The quantitative estimate of drug-likeness (QED) is 0.802. The van der Waals surface area contributed by atoms with Crippen molar-refractivity contribution in [2.75, 3.05) is 0 Å². The molecule has 0 unspecified atom stereocenters. The number of carboxylic acids is 1. The van der Waals surface area contributed by atoms with Crippen LogP contribution in [0.25, 0.3) is 0 Å². The van der Waals surface area contributed by atoms with Crippen molar-refractivity contribution in [3.63, 3.8) is 0 Å². The number of carbonyl (C=O) groups is 1. The van der Waals surface area contributed by atoms with Gasteiger partial charge in [0.1, 0.15) is 5.82 Å². The maximum atomic E-state index is 13.8. The zero-order chi connectivity index (χ0) is 15.6. The zero-order valence-electron chi connectivity index (χ0n) is 11.6. The minimum absolute atomic E-state index is 0.0816. The fourth-order valence-corrected chi connectivity index (χ4v) is 3.51. The molecule has 0 aliphatic heterocycles. The molecule has 21 heavy (non-hydrogen) atoms.